The number of Topliss-reactive ketones (excluding diaryl/α,β-unsaturated/α-hetero) is 1. The molecule has 1 fully saturated rings. The smallest absolute Gasteiger partial charge is 0.300 e. The van der Waals surface area contributed by atoms with E-state index in [1.54, 1.807) is 6.07 Å². The third kappa shape index (κ3) is 4.55. The Morgan fingerprint density at radius 1 is 0.974 bits per heavy atom. The fraction of sp³-hybridized carbons (Fsp3) is 0.312. The van der Waals surface area contributed by atoms with E-state index >= 15 is 0 Å². The van der Waals surface area contributed by atoms with Crippen LogP contribution < -0.4 is 14.5 Å². The summed E-state index contributed by atoms with van der Waals surface area (Å²) in [6.07, 6.45) is 1.73. The first kappa shape index (κ1) is 25.6. The van der Waals surface area contributed by atoms with Crippen LogP contribution in [0.15, 0.2) is 66.2 Å². The number of aliphatic hydroxyl groups is 1. The lowest BCUT2D eigenvalue weighted by molar-refractivity contribution is -0.132. The number of carbonyl (C=O) groups is 2. The SMILES string of the molecule is CCN(CC)c1ccc(C2/C(=C(/O)c3ccc4c(c3)CCCO4)C(=O)C(=O)N2c2cc(C)cc(C)c2)cc1. The highest BCUT2D eigenvalue weighted by atomic mass is 16.5. The molecular formula is C32H34N2O4. The average Bonchev–Trinajstić information content (AvgIpc) is 3.18. The minimum absolute atomic E-state index is 0.0985. The third-order valence-electron chi connectivity index (χ3n) is 7.45. The number of amides is 1. The Bertz CT molecular complexity index is 1400. The van der Waals surface area contributed by atoms with E-state index in [1.807, 2.05) is 68.4 Å². The van der Waals surface area contributed by atoms with Crippen LogP contribution >= 0.6 is 0 Å². The lowest BCUT2D eigenvalue weighted by atomic mass is 9.93. The molecule has 5 rings (SSSR count). The first-order valence-electron chi connectivity index (χ1n) is 13.3. The van der Waals surface area contributed by atoms with Gasteiger partial charge >= 0.3 is 0 Å². The van der Waals surface area contributed by atoms with E-state index in [4.69, 9.17) is 4.74 Å². The van der Waals surface area contributed by atoms with Crippen molar-refractivity contribution in [1.82, 2.24) is 0 Å². The van der Waals surface area contributed by atoms with E-state index in [9.17, 15) is 14.7 Å². The number of nitrogens with zero attached hydrogens (tertiary/aromatic N) is 2. The van der Waals surface area contributed by atoms with Gasteiger partial charge in [-0.1, -0.05) is 18.2 Å². The predicted molar refractivity (Wildman–Crippen MR) is 151 cm³/mol. The molecule has 0 bridgehead atoms. The molecule has 0 radical (unpaired) electrons. The standard InChI is InChI=1S/C32H34N2O4/c1-5-33(6-2)25-12-9-22(10-13-25)29-28(30(35)24-11-14-27-23(19-24)8-7-15-38-27)31(36)32(37)34(29)26-17-20(3)16-21(4)18-26/h9-14,16-19,29,35H,5-8,15H2,1-4H3/b30-28-. The summed E-state index contributed by atoms with van der Waals surface area (Å²) in [6.45, 7) is 10.6. The van der Waals surface area contributed by atoms with Crippen LogP contribution in [0.2, 0.25) is 0 Å². The van der Waals surface area contributed by atoms with Gasteiger partial charge in [-0.15, -0.1) is 0 Å². The van der Waals surface area contributed by atoms with Gasteiger partial charge in [0, 0.05) is 30.0 Å². The highest BCUT2D eigenvalue weighted by Gasteiger charge is 2.47. The van der Waals surface area contributed by atoms with Crippen molar-refractivity contribution in [3.8, 4) is 5.75 Å². The minimum Gasteiger partial charge on any atom is -0.507 e. The maximum atomic E-state index is 13.6. The Morgan fingerprint density at radius 3 is 2.32 bits per heavy atom. The quantitative estimate of drug-likeness (QED) is 0.246. The number of carbonyl (C=O) groups excluding carboxylic acids is 2. The van der Waals surface area contributed by atoms with E-state index in [-0.39, 0.29) is 11.3 Å². The number of anilines is 2. The van der Waals surface area contributed by atoms with E-state index in [2.05, 4.69) is 18.7 Å². The summed E-state index contributed by atoms with van der Waals surface area (Å²) in [5.74, 6) is -0.697. The fourth-order valence-corrected chi connectivity index (χ4v) is 5.62. The second-order valence-corrected chi connectivity index (χ2v) is 10.1. The average molecular weight is 511 g/mol. The molecule has 2 aliphatic rings. The highest BCUT2D eigenvalue weighted by molar-refractivity contribution is 6.51. The Balaban J connectivity index is 1.68. The molecule has 1 amide bonds. The van der Waals surface area contributed by atoms with Crippen LogP contribution in [0.25, 0.3) is 5.76 Å². The van der Waals surface area contributed by atoms with Crippen LogP contribution in [-0.4, -0.2) is 36.5 Å². The predicted octanol–water partition coefficient (Wildman–Crippen LogP) is 6.10. The van der Waals surface area contributed by atoms with Gasteiger partial charge in [-0.25, -0.2) is 0 Å². The molecule has 2 heterocycles. The molecule has 1 atom stereocenters. The van der Waals surface area contributed by atoms with Crippen LogP contribution in [0.3, 0.4) is 0 Å². The summed E-state index contributed by atoms with van der Waals surface area (Å²) in [5, 5.41) is 11.6. The molecule has 3 aromatic carbocycles. The summed E-state index contributed by atoms with van der Waals surface area (Å²) in [7, 11) is 0. The third-order valence-corrected chi connectivity index (χ3v) is 7.45. The Hall–Kier alpha value is -4.06. The number of aryl methyl sites for hydroxylation is 3. The number of hydrogen-bond acceptors (Lipinski definition) is 5. The van der Waals surface area contributed by atoms with Crippen molar-refractivity contribution in [3.05, 3.63) is 94.1 Å². The maximum absolute atomic E-state index is 13.6. The lowest BCUT2D eigenvalue weighted by Gasteiger charge is -2.27. The zero-order valence-electron chi connectivity index (χ0n) is 22.5. The van der Waals surface area contributed by atoms with Crippen LogP contribution in [0, 0.1) is 13.8 Å². The molecular weight excluding hydrogens is 476 g/mol. The minimum atomic E-state index is -0.755. The van der Waals surface area contributed by atoms with Gasteiger partial charge in [0.1, 0.15) is 11.5 Å². The number of benzene rings is 3. The molecule has 0 aliphatic carbocycles. The number of hydrogen-bond donors (Lipinski definition) is 1. The van der Waals surface area contributed by atoms with Crippen molar-refractivity contribution in [1.29, 1.82) is 0 Å². The Labute approximate surface area is 224 Å². The van der Waals surface area contributed by atoms with Crippen molar-refractivity contribution < 1.29 is 19.4 Å². The van der Waals surface area contributed by atoms with Crippen molar-refractivity contribution >= 4 is 28.8 Å². The Morgan fingerprint density at radius 2 is 1.66 bits per heavy atom. The second kappa shape index (κ2) is 10.4. The van der Waals surface area contributed by atoms with Crippen molar-refractivity contribution in [2.24, 2.45) is 0 Å². The second-order valence-electron chi connectivity index (χ2n) is 10.1. The summed E-state index contributed by atoms with van der Waals surface area (Å²) in [6, 6.07) is 18.5. The van der Waals surface area contributed by atoms with Crippen LogP contribution in [0.5, 0.6) is 5.75 Å². The molecule has 1 saturated heterocycles. The summed E-state index contributed by atoms with van der Waals surface area (Å²) < 4.78 is 5.73. The molecule has 0 aromatic heterocycles. The highest BCUT2D eigenvalue weighted by Crippen LogP contribution is 2.43. The fourth-order valence-electron chi connectivity index (χ4n) is 5.62. The van der Waals surface area contributed by atoms with Crippen molar-refractivity contribution in [2.45, 2.75) is 46.6 Å². The molecule has 1 unspecified atom stereocenters. The zero-order valence-corrected chi connectivity index (χ0v) is 22.5. The van der Waals surface area contributed by atoms with Gasteiger partial charge in [0.15, 0.2) is 0 Å². The largest absolute Gasteiger partial charge is 0.507 e. The molecule has 38 heavy (non-hydrogen) atoms. The van der Waals surface area contributed by atoms with Crippen LogP contribution in [-0.2, 0) is 16.0 Å². The zero-order chi connectivity index (χ0) is 27.0. The van der Waals surface area contributed by atoms with Gasteiger partial charge in [0.25, 0.3) is 11.7 Å². The Kier molecular flexibility index (Phi) is 6.98. The normalized spacial score (nSPS) is 18.3. The van der Waals surface area contributed by atoms with Gasteiger partial charge in [-0.2, -0.15) is 0 Å². The van der Waals surface area contributed by atoms with Crippen LogP contribution in [0.1, 0.15) is 54.1 Å². The molecule has 2 aliphatic heterocycles. The van der Waals surface area contributed by atoms with Gasteiger partial charge in [0.2, 0.25) is 0 Å². The summed E-state index contributed by atoms with van der Waals surface area (Å²) >= 11 is 0. The van der Waals surface area contributed by atoms with E-state index in [0.29, 0.717) is 17.9 Å². The summed E-state index contributed by atoms with van der Waals surface area (Å²) in [5.41, 5.74) is 6.06. The van der Waals surface area contributed by atoms with Crippen molar-refractivity contribution in [3.63, 3.8) is 0 Å². The number of aliphatic hydroxyl groups excluding tert-OH is 1. The van der Waals surface area contributed by atoms with Gasteiger partial charge < -0.3 is 14.7 Å². The number of ketones is 1. The van der Waals surface area contributed by atoms with E-state index < -0.39 is 17.7 Å². The lowest BCUT2D eigenvalue weighted by Crippen LogP contribution is -2.29. The van der Waals surface area contributed by atoms with Gasteiger partial charge in [-0.05, 0) is 105 Å². The van der Waals surface area contributed by atoms with E-state index in [0.717, 1.165) is 59.6 Å². The van der Waals surface area contributed by atoms with Gasteiger partial charge in [-0.3, -0.25) is 14.5 Å². The molecule has 0 spiro atoms. The first-order chi connectivity index (χ1) is 18.3. The number of ether oxygens (including phenoxy) is 1. The topological polar surface area (TPSA) is 70.1 Å². The molecule has 3 aromatic rings. The molecule has 6 heteroatoms. The van der Waals surface area contributed by atoms with Gasteiger partial charge in [0.05, 0.1) is 18.2 Å². The maximum Gasteiger partial charge on any atom is 0.300 e. The molecule has 0 saturated carbocycles. The van der Waals surface area contributed by atoms with Crippen LogP contribution in [0.4, 0.5) is 11.4 Å². The number of rotatable bonds is 6. The first-order valence-corrected chi connectivity index (χ1v) is 13.3. The molecule has 6 nitrogen and oxygen atoms in total. The monoisotopic (exact) mass is 510 g/mol. The number of fused-ring (bicyclic) bond motifs is 1. The van der Waals surface area contributed by atoms with E-state index in [1.165, 1.54) is 4.90 Å². The molecule has 1 N–H and O–H groups in total. The van der Waals surface area contributed by atoms with Crippen molar-refractivity contribution in [2.75, 3.05) is 29.5 Å². The molecule has 196 valence electrons. The summed E-state index contributed by atoms with van der Waals surface area (Å²) in [4.78, 5) is 30.9.